The summed E-state index contributed by atoms with van der Waals surface area (Å²) in [4.78, 5) is 9.03. The van der Waals surface area contributed by atoms with Crippen molar-refractivity contribution in [1.82, 2.24) is 15.3 Å². The average Bonchev–Trinajstić information content (AvgIpc) is 2.42. The molecule has 0 atom stereocenters. The standard InChI is InChI=1S/C16H20BrN3/c1-10(2)19-9-14-5-6-18-16(20-14)13-7-11(3)15(17)12(4)8-13/h5-8,10,19H,9H2,1-4H3. The highest BCUT2D eigenvalue weighted by Crippen LogP contribution is 2.26. The molecule has 0 aliphatic heterocycles. The van der Waals surface area contributed by atoms with Crippen LogP contribution >= 0.6 is 15.9 Å². The van der Waals surface area contributed by atoms with E-state index in [0.29, 0.717) is 6.04 Å². The third-order valence-corrected chi connectivity index (χ3v) is 4.35. The maximum Gasteiger partial charge on any atom is 0.159 e. The van der Waals surface area contributed by atoms with Crippen molar-refractivity contribution >= 4 is 15.9 Å². The average molecular weight is 334 g/mol. The van der Waals surface area contributed by atoms with Gasteiger partial charge in [0.1, 0.15) is 0 Å². The van der Waals surface area contributed by atoms with Crippen LogP contribution in [0.15, 0.2) is 28.9 Å². The summed E-state index contributed by atoms with van der Waals surface area (Å²) in [6, 6.07) is 6.64. The number of aryl methyl sites for hydroxylation is 2. The van der Waals surface area contributed by atoms with Gasteiger partial charge in [-0.1, -0.05) is 29.8 Å². The van der Waals surface area contributed by atoms with E-state index in [1.807, 2.05) is 12.3 Å². The summed E-state index contributed by atoms with van der Waals surface area (Å²) >= 11 is 3.59. The van der Waals surface area contributed by atoms with Crippen molar-refractivity contribution < 1.29 is 0 Å². The smallest absolute Gasteiger partial charge is 0.159 e. The van der Waals surface area contributed by atoms with E-state index in [9.17, 15) is 0 Å². The van der Waals surface area contributed by atoms with Gasteiger partial charge >= 0.3 is 0 Å². The highest BCUT2D eigenvalue weighted by molar-refractivity contribution is 9.10. The van der Waals surface area contributed by atoms with Gasteiger partial charge in [0.15, 0.2) is 5.82 Å². The molecule has 4 heteroatoms. The number of aromatic nitrogens is 2. The minimum Gasteiger partial charge on any atom is -0.309 e. The van der Waals surface area contributed by atoms with Gasteiger partial charge in [0.05, 0.1) is 5.69 Å². The Morgan fingerprint density at radius 3 is 2.45 bits per heavy atom. The Labute approximate surface area is 129 Å². The summed E-state index contributed by atoms with van der Waals surface area (Å²) < 4.78 is 1.15. The zero-order valence-corrected chi connectivity index (χ0v) is 14.0. The fourth-order valence-electron chi connectivity index (χ4n) is 2.02. The first-order chi connectivity index (χ1) is 9.47. The second kappa shape index (κ2) is 6.46. The van der Waals surface area contributed by atoms with Gasteiger partial charge in [-0.05, 0) is 43.2 Å². The molecule has 20 heavy (non-hydrogen) atoms. The first kappa shape index (κ1) is 15.1. The Kier molecular flexibility index (Phi) is 4.89. The normalized spacial score (nSPS) is 11.1. The van der Waals surface area contributed by atoms with Crippen LogP contribution < -0.4 is 5.32 Å². The van der Waals surface area contributed by atoms with Gasteiger partial charge in [-0.25, -0.2) is 9.97 Å². The molecule has 0 saturated carbocycles. The Balaban J connectivity index is 2.31. The molecule has 0 aliphatic carbocycles. The largest absolute Gasteiger partial charge is 0.309 e. The zero-order chi connectivity index (χ0) is 14.7. The number of hydrogen-bond acceptors (Lipinski definition) is 3. The Hall–Kier alpha value is -1.26. The quantitative estimate of drug-likeness (QED) is 0.918. The van der Waals surface area contributed by atoms with Crippen molar-refractivity contribution in [3.05, 3.63) is 45.7 Å². The molecule has 0 unspecified atom stereocenters. The molecule has 0 radical (unpaired) electrons. The van der Waals surface area contributed by atoms with Crippen molar-refractivity contribution in [2.75, 3.05) is 0 Å². The topological polar surface area (TPSA) is 37.8 Å². The highest BCUT2D eigenvalue weighted by Gasteiger charge is 2.07. The van der Waals surface area contributed by atoms with Crippen LogP contribution in [0.25, 0.3) is 11.4 Å². The molecule has 1 aromatic carbocycles. The van der Waals surface area contributed by atoms with Crippen LogP contribution in [0.5, 0.6) is 0 Å². The van der Waals surface area contributed by atoms with E-state index >= 15 is 0 Å². The number of halogens is 1. The third kappa shape index (κ3) is 3.64. The molecule has 3 nitrogen and oxygen atoms in total. The molecule has 1 N–H and O–H groups in total. The second-order valence-electron chi connectivity index (χ2n) is 5.33. The minimum atomic E-state index is 0.450. The van der Waals surface area contributed by atoms with Gasteiger partial charge in [0.25, 0.3) is 0 Å². The summed E-state index contributed by atoms with van der Waals surface area (Å²) in [6.07, 6.45) is 1.83. The molecule has 0 amide bonds. The number of nitrogens with one attached hydrogen (secondary N) is 1. The molecule has 0 spiro atoms. The first-order valence-corrected chi connectivity index (χ1v) is 7.59. The number of rotatable bonds is 4. The number of hydrogen-bond donors (Lipinski definition) is 1. The van der Waals surface area contributed by atoms with E-state index in [1.165, 1.54) is 11.1 Å². The predicted molar refractivity (Wildman–Crippen MR) is 86.6 cm³/mol. The lowest BCUT2D eigenvalue weighted by Gasteiger charge is -2.10. The maximum absolute atomic E-state index is 4.64. The van der Waals surface area contributed by atoms with Crippen molar-refractivity contribution in [2.24, 2.45) is 0 Å². The van der Waals surface area contributed by atoms with Crippen LogP contribution in [0.1, 0.15) is 30.7 Å². The first-order valence-electron chi connectivity index (χ1n) is 6.80. The van der Waals surface area contributed by atoms with Gasteiger partial charge < -0.3 is 5.32 Å². The molecule has 0 aliphatic rings. The zero-order valence-electron chi connectivity index (χ0n) is 12.4. The lowest BCUT2D eigenvalue weighted by atomic mass is 10.1. The fraction of sp³-hybridized carbons (Fsp3) is 0.375. The minimum absolute atomic E-state index is 0.450. The van der Waals surface area contributed by atoms with Gasteiger partial charge in [0, 0.05) is 28.8 Å². The van der Waals surface area contributed by atoms with Crippen LogP contribution in [0.3, 0.4) is 0 Å². The summed E-state index contributed by atoms with van der Waals surface area (Å²) in [6.45, 7) is 9.20. The molecule has 0 bridgehead atoms. The SMILES string of the molecule is Cc1cc(-c2nccc(CNC(C)C)n2)cc(C)c1Br. The van der Waals surface area contributed by atoms with Crippen LogP contribution in [-0.2, 0) is 6.54 Å². The lowest BCUT2D eigenvalue weighted by Crippen LogP contribution is -2.22. The molecule has 1 heterocycles. The molecular formula is C16H20BrN3. The van der Waals surface area contributed by atoms with Gasteiger partial charge in [-0.2, -0.15) is 0 Å². The van der Waals surface area contributed by atoms with Crippen molar-refractivity contribution in [3.63, 3.8) is 0 Å². The molecule has 2 aromatic rings. The molecule has 0 saturated heterocycles. The van der Waals surface area contributed by atoms with Crippen LogP contribution in [0, 0.1) is 13.8 Å². The lowest BCUT2D eigenvalue weighted by molar-refractivity contribution is 0.581. The Morgan fingerprint density at radius 1 is 1.20 bits per heavy atom. The molecular weight excluding hydrogens is 314 g/mol. The van der Waals surface area contributed by atoms with Crippen molar-refractivity contribution in [2.45, 2.75) is 40.3 Å². The predicted octanol–water partition coefficient (Wildman–Crippen LogP) is 4.02. The summed E-state index contributed by atoms with van der Waals surface area (Å²) in [5.74, 6) is 0.784. The van der Waals surface area contributed by atoms with E-state index in [-0.39, 0.29) is 0 Å². The second-order valence-corrected chi connectivity index (χ2v) is 6.12. The monoisotopic (exact) mass is 333 g/mol. The van der Waals surface area contributed by atoms with Crippen LogP contribution in [0.4, 0.5) is 0 Å². The van der Waals surface area contributed by atoms with Crippen LogP contribution in [-0.4, -0.2) is 16.0 Å². The molecule has 2 rings (SSSR count). The van der Waals surface area contributed by atoms with E-state index in [2.05, 4.69) is 71.0 Å². The van der Waals surface area contributed by atoms with E-state index < -0.39 is 0 Å². The van der Waals surface area contributed by atoms with E-state index in [0.717, 1.165) is 28.1 Å². The Morgan fingerprint density at radius 2 is 1.85 bits per heavy atom. The summed E-state index contributed by atoms with van der Waals surface area (Å²) in [5, 5.41) is 3.37. The highest BCUT2D eigenvalue weighted by atomic mass is 79.9. The van der Waals surface area contributed by atoms with E-state index in [4.69, 9.17) is 0 Å². The van der Waals surface area contributed by atoms with Crippen LogP contribution in [0.2, 0.25) is 0 Å². The van der Waals surface area contributed by atoms with Crippen molar-refractivity contribution in [3.8, 4) is 11.4 Å². The molecule has 0 fully saturated rings. The third-order valence-electron chi connectivity index (χ3n) is 3.10. The number of benzene rings is 1. The summed E-state index contributed by atoms with van der Waals surface area (Å²) in [7, 11) is 0. The molecule has 106 valence electrons. The fourth-order valence-corrected chi connectivity index (χ4v) is 2.25. The Bertz CT molecular complexity index is 585. The van der Waals surface area contributed by atoms with Crippen molar-refractivity contribution in [1.29, 1.82) is 0 Å². The summed E-state index contributed by atoms with van der Waals surface area (Å²) in [5.41, 5.74) is 4.49. The number of nitrogens with zero attached hydrogens (tertiary/aromatic N) is 2. The van der Waals surface area contributed by atoms with Gasteiger partial charge in [-0.15, -0.1) is 0 Å². The van der Waals surface area contributed by atoms with E-state index in [1.54, 1.807) is 0 Å². The molecule has 1 aromatic heterocycles. The van der Waals surface area contributed by atoms with Gasteiger partial charge in [0.2, 0.25) is 0 Å². The maximum atomic E-state index is 4.64. The van der Waals surface area contributed by atoms with Gasteiger partial charge in [-0.3, -0.25) is 0 Å².